The first-order valence-electron chi connectivity index (χ1n) is 10.8. The Morgan fingerprint density at radius 1 is 1.07 bits per heavy atom. The predicted octanol–water partition coefficient (Wildman–Crippen LogP) is 5.82. The summed E-state index contributed by atoms with van der Waals surface area (Å²) in [5, 5.41) is 10.3. The molecule has 4 heteroatoms. The van der Waals surface area contributed by atoms with E-state index in [2.05, 4.69) is 52.5 Å². The number of benzene rings is 1. The fourth-order valence-corrected chi connectivity index (χ4v) is 7.47. The fourth-order valence-electron chi connectivity index (χ4n) is 6.54. The average molecular weight is 394 g/mol. The Labute approximate surface area is 173 Å². The first kappa shape index (κ1) is 18.5. The van der Waals surface area contributed by atoms with Crippen molar-refractivity contribution >= 4 is 11.8 Å². The van der Waals surface area contributed by atoms with E-state index in [1.165, 1.54) is 55.5 Å². The molecule has 148 valence electrons. The van der Waals surface area contributed by atoms with Crippen LogP contribution in [-0.2, 0) is 18.7 Å². The maximum atomic E-state index is 4.68. The highest BCUT2D eigenvalue weighted by Gasteiger charge is 2.51. The highest BCUT2D eigenvalue weighted by Crippen LogP contribution is 2.61. The normalized spacial score (nSPS) is 30.7. The van der Waals surface area contributed by atoms with Gasteiger partial charge in [0.15, 0.2) is 5.16 Å². The smallest absolute Gasteiger partial charge is 0.191 e. The van der Waals surface area contributed by atoms with E-state index >= 15 is 0 Å². The molecule has 0 N–H and O–H groups in total. The van der Waals surface area contributed by atoms with Gasteiger partial charge in [-0.25, -0.2) is 0 Å². The summed E-state index contributed by atoms with van der Waals surface area (Å²) < 4.78 is 2.32. The van der Waals surface area contributed by atoms with E-state index in [1.807, 2.05) is 6.08 Å². The van der Waals surface area contributed by atoms with Crippen molar-refractivity contribution < 1.29 is 0 Å². The molecule has 4 bridgehead atoms. The Bertz CT molecular complexity index is 816. The van der Waals surface area contributed by atoms with Crippen LogP contribution in [0.2, 0.25) is 0 Å². The van der Waals surface area contributed by atoms with Crippen LogP contribution in [0, 0.1) is 30.1 Å². The van der Waals surface area contributed by atoms with E-state index in [0.29, 0.717) is 5.41 Å². The van der Waals surface area contributed by atoms with E-state index in [4.69, 9.17) is 0 Å². The quantitative estimate of drug-likeness (QED) is 0.438. The zero-order valence-corrected chi connectivity index (χ0v) is 17.8. The molecule has 1 aromatic heterocycles. The third kappa shape index (κ3) is 3.56. The van der Waals surface area contributed by atoms with Crippen molar-refractivity contribution in [3.05, 3.63) is 53.9 Å². The van der Waals surface area contributed by atoms with Crippen LogP contribution in [0.25, 0.3) is 0 Å². The highest BCUT2D eigenvalue weighted by molar-refractivity contribution is 7.98. The third-order valence-corrected chi connectivity index (χ3v) is 8.33. The minimum atomic E-state index is 0.500. The summed E-state index contributed by atoms with van der Waals surface area (Å²) in [5.74, 6) is 5.08. The maximum absolute atomic E-state index is 4.68. The van der Waals surface area contributed by atoms with Crippen molar-refractivity contribution in [3.63, 3.8) is 0 Å². The Balaban J connectivity index is 1.34. The van der Waals surface area contributed by atoms with Crippen LogP contribution in [0.4, 0.5) is 0 Å². The molecule has 2 aromatic rings. The van der Waals surface area contributed by atoms with E-state index in [-0.39, 0.29) is 0 Å². The maximum Gasteiger partial charge on any atom is 0.191 e. The van der Waals surface area contributed by atoms with Crippen LogP contribution in [0.15, 0.2) is 42.1 Å². The van der Waals surface area contributed by atoms with Crippen LogP contribution in [-0.4, -0.2) is 14.8 Å². The molecule has 4 aliphatic carbocycles. The highest BCUT2D eigenvalue weighted by atomic mass is 32.2. The molecule has 1 aromatic carbocycles. The van der Waals surface area contributed by atoms with Gasteiger partial charge in [-0.3, -0.25) is 0 Å². The first-order valence-corrected chi connectivity index (χ1v) is 11.8. The van der Waals surface area contributed by atoms with Crippen LogP contribution >= 0.6 is 11.8 Å². The molecule has 6 rings (SSSR count). The number of aryl methyl sites for hydroxylation is 1. The summed E-state index contributed by atoms with van der Waals surface area (Å²) >= 11 is 1.80. The van der Waals surface area contributed by atoms with Gasteiger partial charge in [0.05, 0.1) is 0 Å². The minimum absolute atomic E-state index is 0.500. The van der Waals surface area contributed by atoms with Crippen LogP contribution in [0.1, 0.15) is 55.5 Å². The minimum Gasteiger partial charge on any atom is -0.302 e. The van der Waals surface area contributed by atoms with Crippen LogP contribution in [0.3, 0.4) is 0 Å². The van der Waals surface area contributed by atoms with Crippen LogP contribution < -0.4 is 0 Å². The molecule has 0 radical (unpaired) electrons. The molecule has 4 saturated carbocycles. The summed E-state index contributed by atoms with van der Waals surface area (Å²) in [5.41, 5.74) is 3.15. The summed E-state index contributed by atoms with van der Waals surface area (Å²) in [6.07, 6.45) is 11.9. The molecule has 4 aliphatic rings. The zero-order valence-electron chi connectivity index (χ0n) is 16.9. The summed E-state index contributed by atoms with van der Waals surface area (Å²) in [6, 6.07) is 8.80. The van der Waals surface area contributed by atoms with Gasteiger partial charge in [-0.15, -0.1) is 16.8 Å². The second-order valence-corrected chi connectivity index (χ2v) is 10.6. The molecule has 0 aliphatic heterocycles. The van der Waals surface area contributed by atoms with Gasteiger partial charge in [0, 0.05) is 18.7 Å². The average Bonchev–Trinajstić information content (AvgIpc) is 3.01. The van der Waals surface area contributed by atoms with E-state index in [0.717, 1.165) is 41.6 Å². The van der Waals surface area contributed by atoms with E-state index < -0.39 is 0 Å². The molecule has 4 fully saturated rings. The molecular formula is C24H31N3S. The van der Waals surface area contributed by atoms with E-state index in [1.54, 1.807) is 11.8 Å². The number of hydrogen-bond donors (Lipinski definition) is 0. The van der Waals surface area contributed by atoms with E-state index in [9.17, 15) is 0 Å². The van der Waals surface area contributed by atoms with Gasteiger partial charge in [-0.05, 0) is 74.2 Å². The summed E-state index contributed by atoms with van der Waals surface area (Å²) in [7, 11) is 0. The van der Waals surface area contributed by atoms with Gasteiger partial charge in [0.25, 0.3) is 0 Å². The second-order valence-electron chi connectivity index (χ2n) is 9.67. The van der Waals surface area contributed by atoms with Gasteiger partial charge >= 0.3 is 0 Å². The Kier molecular flexibility index (Phi) is 4.86. The Hall–Kier alpha value is -1.55. The number of thioether (sulfide) groups is 1. The summed E-state index contributed by atoms with van der Waals surface area (Å²) in [4.78, 5) is 0. The SMILES string of the molecule is C=CCn1c(CC23CC4CC(CC(C4)C2)C3)nnc1SCc1ccc(C)cc1. The van der Waals surface area contributed by atoms with Crippen molar-refractivity contribution in [2.45, 2.75) is 69.3 Å². The summed E-state index contributed by atoms with van der Waals surface area (Å²) in [6.45, 7) is 6.93. The Morgan fingerprint density at radius 3 is 2.32 bits per heavy atom. The lowest BCUT2D eigenvalue weighted by Crippen LogP contribution is -2.47. The lowest BCUT2D eigenvalue weighted by Gasteiger charge is -2.56. The second kappa shape index (κ2) is 7.37. The number of hydrogen-bond acceptors (Lipinski definition) is 3. The monoisotopic (exact) mass is 393 g/mol. The van der Waals surface area contributed by atoms with Gasteiger partial charge in [-0.2, -0.15) is 0 Å². The van der Waals surface area contributed by atoms with Gasteiger partial charge in [0.2, 0.25) is 0 Å². The number of aromatic nitrogens is 3. The molecule has 1 heterocycles. The zero-order chi connectivity index (χ0) is 19.1. The third-order valence-electron chi connectivity index (χ3n) is 7.29. The number of allylic oxidation sites excluding steroid dienone is 1. The van der Waals surface area contributed by atoms with Crippen molar-refractivity contribution in [2.75, 3.05) is 0 Å². The molecular weight excluding hydrogens is 362 g/mol. The molecule has 0 spiro atoms. The lowest BCUT2D eigenvalue weighted by molar-refractivity contribution is -0.0535. The molecule has 0 atom stereocenters. The van der Waals surface area contributed by atoms with Crippen molar-refractivity contribution in [1.82, 2.24) is 14.8 Å². The number of rotatable bonds is 7. The molecule has 28 heavy (non-hydrogen) atoms. The van der Waals surface area contributed by atoms with Crippen LogP contribution in [0.5, 0.6) is 0 Å². The van der Waals surface area contributed by atoms with Gasteiger partial charge in [-0.1, -0.05) is 47.7 Å². The predicted molar refractivity (Wildman–Crippen MR) is 115 cm³/mol. The largest absolute Gasteiger partial charge is 0.302 e. The lowest BCUT2D eigenvalue weighted by atomic mass is 9.49. The first-order chi connectivity index (χ1) is 13.6. The number of nitrogens with zero attached hydrogens (tertiary/aromatic N) is 3. The molecule has 0 unspecified atom stereocenters. The van der Waals surface area contributed by atoms with Crippen molar-refractivity contribution in [3.8, 4) is 0 Å². The topological polar surface area (TPSA) is 30.7 Å². The fraction of sp³-hybridized carbons (Fsp3) is 0.583. The van der Waals surface area contributed by atoms with Crippen molar-refractivity contribution in [1.29, 1.82) is 0 Å². The molecule has 0 amide bonds. The van der Waals surface area contributed by atoms with Gasteiger partial charge < -0.3 is 4.57 Å². The van der Waals surface area contributed by atoms with Gasteiger partial charge in [0.1, 0.15) is 5.82 Å². The molecule has 0 saturated heterocycles. The molecule has 3 nitrogen and oxygen atoms in total. The Morgan fingerprint density at radius 2 is 1.71 bits per heavy atom. The van der Waals surface area contributed by atoms with Crippen molar-refractivity contribution in [2.24, 2.45) is 23.2 Å². The standard InChI is InChI=1S/C24H31N3S/c1-3-8-27-22(15-24-12-19-9-20(13-24)11-21(10-19)14-24)25-26-23(27)28-16-18-6-4-17(2)5-7-18/h3-7,19-21H,1,8-16H2,2H3.